The molecule has 0 radical (unpaired) electrons. The van der Waals surface area contributed by atoms with Crippen LogP contribution in [0.3, 0.4) is 0 Å². The van der Waals surface area contributed by atoms with Gasteiger partial charge in [-0.1, -0.05) is 349 Å². The van der Waals surface area contributed by atoms with Crippen molar-refractivity contribution in [3.05, 3.63) is 0 Å². The van der Waals surface area contributed by atoms with Crippen LogP contribution in [0.4, 0.5) is 0 Å². The largest absolute Gasteiger partial charge is 0.466 e. The van der Waals surface area contributed by atoms with Crippen molar-refractivity contribution in [3.8, 4) is 0 Å². The number of hydrogen-bond acceptors (Lipinski definition) is 4. The normalized spacial score (nSPS) is 11.2. The molecular weight excluding hydrogens is 833 g/mol. The summed E-state index contributed by atoms with van der Waals surface area (Å²) in [5.74, 6) is 0.0506. The maximum absolute atomic E-state index is 11.9. The molecule has 0 spiro atoms. The molecule has 0 bridgehead atoms. The summed E-state index contributed by atoms with van der Waals surface area (Å²) < 4.78 is 10.8. The summed E-state index contributed by atoms with van der Waals surface area (Å²) in [6.45, 7) is 10.4. The summed E-state index contributed by atoms with van der Waals surface area (Å²) in [4.78, 5) is 23.7. The highest BCUT2D eigenvalue weighted by Crippen LogP contribution is 2.17. The van der Waals surface area contributed by atoms with E-state index in [0.29, 0.717) is 26.1 Å². The number of esters is 2. The minimum atomic E-state index is 0.0249. The second-order valence-corrected chi connectivity index (χ2v) is 21.6. The first-order valence-corrected chi connectivity index (χ1v) is 31.9. The van der Waals surface area contributed by atoms with Crippen molar-refractivity contribution in [3.63, 3.8) is 0 Å². The van der Waals surface area contributed by atoms with Gasteiger partial charge in [-0.25, -0.2) is 0 Å². The van der Waals surface area contributed by atoms with Gasteiger partial charge in [0, 0.05) is 12.8 Å². The Morgan fingerprint density at radius 2 is 0.324 bits per heavy atom. The van der Waals surface area contributed by atoms with Gasteiger partial charge in [0.05, 0.1) is 13.2 Å². The van der Waals surface area contributed by atoms with Crippen molar-refractivity contribution >= 4 is 11.9 Å². The molecule has 0 fully saturated rings. The molecule has 0 rings (SSSR count). The monoisotopic (exact) mass is 961 g/mol. The summed E-state index contributed by atoms with van der Waals surface area (Å²) in [6, 6.07) is 0. The second-order valence-electron chi connectivity index (χ2n) is 21.6. The van der Waals surface area contributed by atoms with Crippen molar-refractivity contribution in [1.29, 1.82) is 0 Å². The molecule has 0 atom stereocenters. The van der Waals surface area contributed by atoms with Crippen LogP contribution in [-0.4, -0.2) is 25.2 Å². The summed E-state index contributed by atoms with van der Waals surface area (Å²) in [7, 11) is 0. The number of hydrogen-bond donors (Lipinski definition) is 0. The molecule has 0 heterocycles. The second kappa shape index (κ2) is 65.9. The average Bonchev–Trinajstić information content (AvgIpc) is 3.34. The number of rotatable bonds is 58. The third-order valence-corrected chi connectivity index (χ3v) is 14.5. The lowest BCUT2D eigenvalue weighted by Gasteiger charge is -2.06. The van der Waals surface area contributed by atoms with Gasteiger partial charge in [0.2, 0.25) is 0 Å². The minimum Gasteiger partial charge on any atom is -0.466 e. The van der Waals surface area contributed by atoms with E-state index in [9.17, 15) is 9.59 Å². The van der Waals surface area contributed by atoms with Crippen LogP contribution in [0.15, 0.2) is 0 Å². The van der Waals surface area contributed by atoms with Gasteiger partial charge in [-0.3, -0.25) is 9.59 Å². The van der Waals surface area contributed by atoms with Crippen LogP contribution in [0, 0.1) is 0 Å². The van der Waals surface area contributed by atoms with Gasteiger partial charge in [-0.15, -0.1) is 0 Å². The van der Waals surface area contributed by atoms with E-state index in [2.05, 4.69) is 27.7 Å². The number of carbonyl (C=O) groups excluding carboxylic acids is 2. The van der Waals surface area contributed by atoms with E-state index in [1.807, 2.05) is 0 Å². The number of carbonyl (C=O) groups is 2. The lowest BCUT2D eigenvalue weighted by Crippen LogP contribution is -2.05. The standard InChI is InChI=1S/2C32H64O2/c1-3-5-7-9-11-13-15-16-17-18-19-21-23-25-27-29-31-34-32(33)30-28-26-24-22-20-14-12-10-8-6-4-2;1-3-5-7-9-11-13-15-17-19-21-23-25-27-29-31-34-32(33)30-28-26-24-22-20-18-16-14-12-10-8-6-4-2/h2*3-31H2,1-2H3. The molecule has 68 heavy (non-hydrogen) atoms. The summed E-state index contributed by atoms with van der Waals surface area (Å²) in [6.07, 6.45) is 74.4. The Kier molecular flexibility index (Phi) is 66.9. The molecule has 0 aliphatic heterocycles. The fourth-order valence-electron chi connectivity index (χ4n) is 9.68. The first-order valence-electron chi connectivity index (χ1n) is 31.9. The van der Waals surface area contributed by atoms with E-state index in [1.54, 1.807) is 0 Å². The van der Waals surface area contributed by atoms with E-state index < -0.39 is 0 Å². The maximum Gasteiger partial charge on any atom is 0.305 e. The topological polar surface area (TPSA) is 52.6 Å². The Labute approximate surface area is 429 Å². The van der Waals surface area contributed by atoms with E-state index in [-0.39, 0.29) is 11.9 Å². The lowest BCUT2D eigenvalue weighted by atomic mass is 10.0. The quantitative estimate of drug-likeness (QED) is 0.0450. The molecule has 0 saturated heterocycles. The highest BCUT2D eigenvalue weighted by molar-refractivity contribution is 5.69. The molecule has 0 aliphatic carbocycles. The van der Waals surface area contributed by atoms with E-state index in [1.165, 1.54) is 321 Å². The van der Waals surface area contributed by atoms with Crippen LogP contribution in [0.1, 0.15) is 387 Å². The lowest BCUT2D eigenvalue weighted by molar-refractivity contribution is -0.144. The highest BCUT2D eigenvalue weighted by Gasteiger charge is 2.05. The van der Waals surface area contributed by atoms with Gasteiger partial charge >= 0.3 is 11.9 Å². The summed E-state index contributed by atoms with van der Waals surface area (Å²) >= 11 is 0. The first-order chi connectivity index (χ1) is 33.6. The highest BCUT2D eigenvalue weighted by atomic mass is 16.5. The van der Waals surface area contributed by atoms with Crippen LogP contribution < -0.4 is 0 Å². The molecule has 0 saturated carbocycles. The molecule has 4 heteroatoms. The Balaban J connectivity index is 0. The van der Waals surface area contributed by atoms with E-state index in [4.69, 9.17) is 9.47 Å². The van der Waals surface area contributed by atoms with Crippen LogP contribution in [0.2, 0.25) is 0 Å². The zero-order valence-corrected chi connectivity index (χ0v) is 47.6. The first kappa shape index (κ1) is 69.0. The Bertz CT molecular complexity index is 902. The molecule has 0 aromatic heterocycles. The van der Waals surface area contributed by atoms with Crippen LogP contribution in [-0.2, 0) is 19.1 Å². The van der Waals surface area contributed by atoms with Crippen LogP contribution in [0.5, 0.6) is 0 Å². The van der Waals surface area contributed by atoms with Gasteiger partial charge in [0.15, 0.2) is 0 Å². The molecular formula is C64H128O4. The van der Waals surface area contributed by atoms with E-state index >= 15 is 0 Å². The van der Waals surface area contributed by atoms with Crippen LogP contribution in [0.25, 0.3) is 0 Å². The van der Waals surface area contributed by atoms with Gasteiger partial charge < -0.3 is 9.47 Å². The third kappa shape index (κ3) is 67.0. The fourth-order valence-corrected chi connectivity index (χ4v) is 9.68. The smallest absolute Gasteiger partial charge is 0.305 e. The third-order valence-electron chi connectivity index (χ3n) is 14.5. The predicted octanol–water partition coefficient (Wildman–Crippen LogP) is 23.0. The van der Waals surface area contributed by atoms with Crippen LogP contribution >= 0.6 is 0 Å². The van der Waals surface area contributed by atoms with Crippen molar-refractivity contribution in [2.45, 2.75) is 387 Å². The zero-order valence-electron chi connectivity index (χ0n) is 47.6. The van der Waals surface area contributed by atoms with Crippen molar-refractivity contribution < 1.29 is 19.1 Å². The molecule has 0 unspecified atom stereocenters. The molecule has 0 aromatic carbocycles. The van der Waals surface area contributed by atoms with E-state index in [0.717, 1.165) is 25.7 Å². The Morgan fingerprint density at radius 3 is 0.485 bits per heavy atom. The average molecular weight is 962 g/mol. The zero-order chi connectivity index (χ0) is 49.6. The van der Waals surface area contributed by atoms with Gasteiger partial charge in [0.25, 0.3) is 0 Å². The maximum atomic E-state index is 11.9. The van der Waals surface area contributed by atoms with Crippen molar-refractivity contribution in [2.24, 2.45) is 0 Å². The Hall–Kier alpha value is -1.06. The number of ether oxygens (including phenoxy) is 2. The number of unbranched alkanes of at least 4 members (excludes halogenated alkanes) is 50. The molecule has 0 aliphatic rings. The van der Waals surface area contributed by atoms with Gasteiger partial charge in [-0.05, 0) is 25.7 Å². The molecule has 0 N–H and O–H groups in total. The molecule has 408 valence electrons. The van der Waals surface area contributed by atoms with Crippen molar-refractivity contribution in [2.75, 3.05) is 13.2 Å². The SMILES string of the molecule is CCCCCCCCCCCCCCCCCCOC(=O)CCCCCCCCCCCCC.CCCCCCCCCCCCCCCCOC(=O)CCCCCCCCCCCCCCC. The predicted molar refractivity (Wildman–Crippen MR) is 303 cm³/mol. The summed E-state index contributed by atoms with van der Waals surface area (Å²) in [5.41, 5.74) is 0. The molecule has 0 amide bonds. The fraction of sp³-hybridized carbons (Fsp3) is 0.969. The van der Waals surface area contributed by atoms with Gasteiger partial charge in [-0.2, -0.15) is 0 Å². The van der Waals surface area contributed by atoms with Crippen molar-refractivity contribution in [1.82, 2.24) is 0 Å². The summed E-state index contributed by atoms with van der Waals surface area (Å²) in [5, 5.41) is 0. The van der Waals surface area contributed by atoms with Gasteiger partial charge in [0.1, 0.15) is 0 Å². The minimum absolute atomic E-state index is 0.0249. The molecule has 4 nitrogen and oxygen atoms in total. The molecule has 0 aromatic rings. The Morgan fingerprint density at radius 1 is 0.191 bits per heavy atom.